The van der Waals surface area contributed by atoms with Crippen LogP contribution in [0.4, 0.5) is 0 Å². The Morgan fingerprint density at radius 3 is 2.08 bits per heavy atom. The summed E-state index contributed by atoms with van der Waals surface area (Å²) in [6.45, 7) is 6.19. The summed E-state index contributed by atoms with van der Waals surface area (Å²) in [6, 6.07) is 10.8. The fraction of sp³-hybridized carbons (Fsp3) is 0.381. The number of carbonyl (C=O) groups excluding carboxylic acids is 1. The van der Waals surface area contributed by atoms with Gasteiger partial charge in [0.15, 0.2) is 11.5 Å². The monoisotopic (exact) mass is 358 g/mol. The van der Waals surface area contributed by atoms with Gasteiger partial charge in [-0.05, 0) is 41.3 Å². The van der Waals surface area contributed by atoms with Crippen molar-refractivity contribution in [1.29, 1.82) is 0 Å². The average Bonchev–Trinajstić information content (AvgIpc) is 2.60. The first-order valence-corrected chi connectivity index (χ1v) is 8.38. The zero-order valence-electron chi connectivity index (χ0n) is 16.2. The van der Waals surface area contributed by atoms with Crippen molar-refractivity contribution >= 4 is 5.97 Å². The third kappa shape index (κ3) is 4.69. The molecule has 2 rings (SSSR count). The van der Waals surface area contributed by atoms with Crippen LogP contribution in [-0.2, 0) is 16.6 Å². The number of ether oxygens (including phenoxy) is 4. The van der Waals surface area contributed by atoms with Crippen molar-refractivity contribution in [2.75, 3.05) is 21.3 Å². The highest BCUT2D eigenvalue weighted by Crippen LogP contribution is 2.34. The van der Waals surface area contributed by atoms with E-state index in [-0.39, 0.29) is 17.8 Å². The third-order valence-corrected chi connectivity index (χ3v) is 4.01. The summed E-state index contributed by atoms with van der Waals surface area (Å²) in [5, 5.41) is 0. The largest absolute Gasteiger partial charge is 0.497 e. The first-order chi connectivity index (χ1) is 12.3. The third-order valence-electron chi connectivity index (χ3n) is 4.01. The lowest BCUT2D eigenvalue weighted by Gasteiger charge is -2.23. The summed E-state index contributed by atoms with van der Waals surface area (Å²) in [5.41, 5.74) is 1.52. The van der Waals surface area contributed by atoms with Crippen LogP contribution in [0.3, 0.4) is 0 Å². The van der Waals surface area contributed by atoms with Gasteiger partial charge in [0.1, 0.15) is 11.5 Å². The van der Waals surface area contributed by atoms with Crippen molar-refractivity contribution in [3.8, 4) is 23.0 Å². The molecule has 0 aromatic heterocycles. The maximum atomic E-state index is 12.4. The number of benzene rings is 2. The summed E-state index contributed by atoms with van der Waals surface area (Å²) in [5.74, 6) is 2.14. The van der Waals surface area contributed by atoms with E-state index in [1.165, 1.54) is 0 Å². The lowest BCUT2D eigenvalue weighted by molar-refractivity contribution is -0.133. The highest BCUT2D eigenvalue weighted by molar-refractivity contribution is 5.76. The Morgan fingerprint density at radius 1 is 0.846 bits per heavy atom. The molecule has 0 atom stereocenters. The lowest BCUT2D eigenvalue weighted by Crippen LogP contribution is -2.17. The van der Waals surface area contributed by atoms with Crippen LogP contribution in [0.25, 0.3) is 0 Å². The Kier molecular flexibility index (Phi) is 6.14. The molecule has 5 nitrogen and oxygen atoms in total. The topological polar surface area (TPSA) is 54.0 Å². The molecular formula is C21H26O5. The standard InChI is InChI=1S/C21H26O5/c1-21(2,3)16-13-15(23-4)8-10-17(16)26-20(22)12-14-7-9-18(24-5)19(11-14)25-6/h7-11,13H,12H2,1-6H3. The highest BCUT2D eigenvalue weighted by Gasteiger charge is 2.22. The molecule has 0 aliphatic rings. The van der Waals surface area contributed by atoms with E-state index in [0.717, 1.165) is 16.9 Å². The average molecular weight is 358 g/mol. The first-order valence-electron chi connectivity index (χ1n) is 8.38. The highest BCUT2D eigenvalue weighted by atomic mass is 16.5. The maximum Gasteiger partial charge on any atom is 0.315 e. The molecule has 0 heterocycles. The summed E-state index contributed by atoms with van der Waals surface area (Å²) in [4.78, 5) is 12.4. The molecule has 0 unspecified atom stereocenters. The summed E-state index contributed by atoms with van der Waals surface area (Å²) in [6.07, 6.45) is 0.135. The van der Waals surface area contributed by atoms with E-state index < -0.39 is 0 Å². The second-order valence-electron chi connectivity index (χ2n) is 6.95. The van der Waals surface area contributed by atoms with Crippen LogP contribution in [0.15, 0.2) is 36.4 Å². The quantitative estimate of drug-likeness (QED) is 0.573. The van der Waals surface area contributed by atoms with Gasteiger partial charge >= 0.3 is 5.97 Å². The fourth-order valence-corrected chi connectivity index (χ4v) is 2.63. The molecular weight excluding hydrogens is 332 g/mol. The second-order valence-corrected chi connectivity index (χ2v) is 6.95. The van der Waals surface area contributed by atoms with Gasteiger partial charge < -0.3 is 18.9 Å². The summed E-state index contributed by atoms with van der Waals surface area (Å²) in [7, 11) is 4.75. The van der Waals surface area contributed by atoms with Gasteiger partial charge in [0.2, 0.25) is 0 Å². The van der Waals surface area contributed by atoms with Crippen molar-refractivity contribution < 1.29 is 23.7 Å². The predicted molar refractivity (Wildman–Crippen MR) is 101 cm³/mol. The minimum Gasteiger partial charge on any atom is -0.497 e. The van der Waals surface area contributed by atoms with Crippen molar-refractivity contribution in [2.45, 2.75) is 32.6 Å². The van der Waals surface area contributed by atoms with Gasteiger partial charge in [-0.1, -0.05) is 26.8 Å². The molecule has 0 amide bonds. The fourth-order valence-electron chi connectivity index (χ4n) is 2.63. The van der Waals surface area contributed by atoms with Gasteiger partial charge in [0.05, 0.1) is 27.8 Å². The molecule has 2 aromatic rings. The zero-order valence-corrected chi connectivity index (χ0v) is 16.2. The number of rotatable bonds is 6. The van der Waals surface area contributed by atoms with E-state index in [0.29, 0.717) is 17.2 Å². The van der Waals surface area contributed by atoms with E-state index in [2.05, 4.69) is 20.8 Å². The Balaban J connectivity index is 2.20. The van der Waals surface area contributed by atoms with Gasteiger partial charge in [0.25, 0.3) is 0 Å². The van der Waals surface area contributed by atoms with Gasteiger partial charge in [0, 0.05) is 5.56 Å². The van der Waals surface area contributed by atoms with Crippen LogP contribution in [0.1, 0.15) is 31.9 Å². The molecule has 0 N–H and O–H groups in total. The van der Waals surface area contributed by atoms with Crippen molar-refractivity contribution in [3.05, 3.63) is 47.5 Å². The van der Waals surface area contributed by atoms with Crippen LogP contribution in [0.5, 0.6) is 23.0 Å². The van der Waals surface area contributed by atoms with Gasteiger partial charge in [-0.3, -0.25) is 4.79 Å². The molecule has 0 saturated heterocycles. The number of hydrogen-bond acceptors (Lipinski definition) is 5. The van der Waals surface area contributed by atoms with Crippen LogP contribution >= 0.6 is 0 Å². The molecule has 5 heteroatoms. The minimum absolute atomic E-state index is 0.135. The molecule has 0 radical (unpaired) electrons. The van der Waals surface area contributed by atoms with Crippen LogP contribution in [-0.4, -0.2) is 27.3 Å². The Bertz CT molecular complexity index is 774. The minimum atomic E-state index is -0.340. The number of carbonyl (C=O) groups is 1. The lowest BCUT2D eigenvalue weighted by atomic mass is 9.86. The number of hydrogen-bond donors (Lipinski definition) is 0. The Hall–Kier alpha value is -2.69. The molecule has 26 heavy (non-hydrogen) atoms. The van der Waals surface area contributed by atoms with Gasteiger partial charge in [-0.25, -0.2) is 0 Å². The molecule has 140 valence electrons. The molecule has 0 aliphatic heterocycles. The predicted octanol–water partition coefficient (Wildman–Crippen LogP) is 4.16. The molecule has 0 aliphatic carbocycles. The number of esters is 1. The van der Waals surface area contributed by atoms with Crippen molar-refractivity contribution in [2.24, 2.45) is 0 Å². The maximum absolute atomic E-state index is 12.4. The first kappa shape index (κ1) is 19.6. The second kappa shape index (κ2) is 8.13. The molecule has 0 fully saturated rings. The molecule has 0 spiro atoms. The van der Waals surface area contributed by atoms with Crippen LogP contribution in [0, 0.1) is 0 Å². The summed E-state index contributed by atoms with van der Waals surface area (Å²) < 4.78 is 21.4. The van der Waals surface area contributed by atoms with Crippen molar-refractivity contribution in [1.82, 2.24) is 0 Å². The number of methoxy groups -OCH3 is 3. The Labute approximate surface area is 154 Å². The molecule has 0 saturated carbocycles. The van der Waals surface area contributed by atoms with E-state index in [4.69, 9.17) is 18.9 Å². The van der Waals surface area contributed by atoms with E-state index in [9.17, 15) is 4.79 Å². The van der Waals surface area contributed by atoms with E-state index >= 15 is 0 Å². The zero-order chi connectivity index (χ0) is 19.3. The SMILES string of the molecule is COc1ccc(OC(=O)Cc2ccc(OC)c(OC)c2)c(C(C)(C)C)c1. The normalized spacial score (nSPS) is 11.0. The molecule has 0 bridgehead atoms. The summed E-state index contributed by atoms with van der Waals surface area (Å²) >= 11 is 0. The van der Waals surface area contributed by atoms with Gasteiger partial charge in [-0.15, -0.1) is 0 Å². The van der Waals surface area contributed by atoms with Gasteiger partial charge in [-0.2, -0.15) is 0 Å². The van der Waals surface area contributed by atoms with Crippen LogP contribution < -0.4 is 18.9 Å². The van der Waals surface area contributed by atoms with E-state index in [1.54, 1.807) is 45.6 Å². The molecule has 2 aromatic carbocycles. The van der Waals surface area contributed by atoms with E-state index in [1.807, 2.05) is 12.1 Å². The van der Waals surface area contributed by atoms with Crippen molar-refractivity contribution in [3.63, 3.8) is 0 Å². The van der Waals surface area contributed by atoms with Crippen LogP contribution in [0.2, 0.25) is 0 Å². The smallest absolute Gasteiger partial charge is 0.315 e. The Morgan fingerprint density at radius 2 is 1.50 bits per heavy atom.